The Bertz CT molecular complexity index is 894. The van der Waals surface area contributed by atoms with E-state index in [2.05, 4.69) is 9.62 Å². The number of amides is 1. The second-order valence-electron chi connectivity index (χ2n) is 8.30. The Labute approximate surface area is 179 Å². The minimum absolute atomic E-state index is 0.0712. The van der Waals surface area contributed by atoms with Crippen molar-refractivity contribution in [1.82, 2.24) is 14.5 Å². The molecule has 1 aromatic rings. The minimum Gasteiger partial charge on any atom is -0.337 e. The molecule has 1 heterocycles. The Kier molecular flexibility index (Phi) is 7.13. The van der Waals surface area contributed by atoms with Crippen molar-refractivity contribution in [1.29, 1.82) is 0 Å². The van der Waals surface area contributed by atoms with E-state index in [9.17, 15) is 13.2 Å². The van der Waals surface area contributed by atoms with Crippen molar-refractivity contribution in [3.8, 4) is 0 Å². The molecule has 3 N–H and O–H groups in total. The number of carbonyl (C=O) groups is 1. The average molecular weight is 433 g/mol. The largest absolute Gasteiger partial charge is 0.337 e. The van der Waals surface area contributed by atoms with Crippen LogP contribution in [0.15, 0.2) is 54.6 Å². The second kappa shape index (κ2) is 9.43. The molecule has 1 amide bonds. The lowest BCUT2D eigenvalue weighted by Gasteiger charge is -2.37. The van der Waals surface area contributed by atoms with Crippen LogP contribution in [0.4, 0.5) is 0 Å². The molecule has 0 bridgehead atoms. The molecule has 3 atom stereocenters. The Balaban J connectivity index is 1.77. The van der Waals surface area contributed by atoms with E-state index >= 15 is 0 Å². The quantitative estimate of drug-likeness (QED) is 0.609. The maximum atomic E-state index is 13.3. The number of likely N-dealkylation sites (N-methyl/N-ethyl adjacent to an activating group) is 1. The zero-order valence-electron chi connectivity index (χ0n) is 17.7. The standard InChI is InChI=1S/C22H32N4O3S/c1-25(20(17-26-14-8-9-15-26)18-10-4-3-5-11-18)21(27)16-19-12-6-7-13-22(19,23)24-30(2,28)29/h3-7,10-13,19-20,24H,8-9,14-17,23H2,1-2H3/t19?,20-,22?/m1/s1. The number of likely N-dealkylation sites (tertiary alicyclic amines) is 1. The fourth-order valence-electron chi connectivity index (χ4n) is 4.21. The lowest BCUT2D eigenvalue weighted by molar-refractivity contribution is -0.133. The summed E-state index contributed by atoms with van der Waals surface area (Å²) in [6.07, 6.45) is 10.4. The molecule has 7 nitrogen and oxygen atoms in total. The van der Waals surface area contributed by atoms with Gasteiger partial charge in [-0.05, 0) is 37.6 Å². The number of benzene rings is 1. The molecule has 0 aromatic heterocycles. The topological polar surface area (TPSA) is 95.7 Å². The van der Waals surface area contributed by atoms with Gasteiger partial charge >= 0.3 is 0 Å². The highest BCUT2D eigenvalue weighted by molar-refractivity contribution is 7.88. The molecule has 0 spiro atoms. The molecule has 1 aromatic carbocycles. The molecule has 0 radical (unpaired) electrons. The van der Waals surface area contributed by atoms with Crippen LogP contribution in [-0.2, 0) is 14.8 Å². The molecule has 0 saturated carbocycles. The van der Waals surface area contributed by atoms with E-state index in [1.165, 1.54) is 12.8 Å². The van der Waals surface area contributed by atoms with Crippen molar-refractivity contribution in [2.24, 2.45) is 11.7 Å². The SMILES string of the molecule is CN(C(=O)CC1C=CC=CC1(N)NS(C)(=O)=O)[C@H](CN1CCCC1)c1ccccc1. The van der Waals surface area contributed by atoms with Gasteiger partial charge in [-0.3, -0.25) is 4.79 Å². The number of rotatable bonds is 8. The first-order valence-electron chi connectivity index (χ1n) is 10.3. The predicted octanol–water partition coefficient (Wildman–Crippen LogP) is 1.62. The summed E-state index contributed by atoms with van der Waals surface area (Å²) in [7, 11) is -1.72. The highest BCUT2D eigenvalue weighted by atomic mass is 32.2. The van der Waals surface area contributed by atoms with Gasteiger partial charge < -0.3 is 15.5 Å². The monoisotopic (exact) mass is 432 g/mol. The summed E-state index contributed by atoms with van der Waals surface area (Å²) in [4.78, 5) is 17.4. The highest BCUT2D eigenvalue weighted by Crippen LogP contribution is 2.28. The third-order valence-electron chi connectivity index (χ3n) is 5.87. The first-order valence-corrected chi connectivity index (χ1v) is 12.2. The summed E-state index contributed by atoms with van der Waals surface area (Å²) >= 11 is 0. The van der Waals surface area contributed by atoms with Gasteiger partial charge in [0.2, 0.25) is 15.9 Å². The molecule has 2 aliphatic rings. The molecule has 1 aliphatic carbocycles. The number of hydrogen-bond acceptors (Lipinski definition) is 5. The van der Waals surface area contributed by atoms with Crippen molar-refractivity contribution in [2.75, 3.05) is 32.9 Å². The van der Waals surface area contributed by atoms with E-state index in [0.29, 0.717) is 0 Å². The lowest BCUT2D eigenvalue weighted by Crippen LogP contribution is -2.60. The zero-order valence-corrected chi connectivity index (χ0v) is 18.5. The molecular weight excluding hydrogens is 400 g/mol. The summed E-state index contributed by atoms with van der Waals surface area (Å²) in [5.74, 6) is -0.548. The lowest BCUT2D eigenvalue weighted by atomic mass is 9.86. The number of allylic oxidation sites excluding steroid dienone is 2. The number of hydrogen-bond donors (Lipinski definition) is 2. The van der Waals surface area contributed by atoms with E-state index < -0.39 is 21.6 Å². The van der Waals surface area contributed by atoms with Crippen molar-refractivity contribution in [3.05, 3.63) is 60.2 Å². The van der Waals surface area contributed by atoms with Crippen LogP contribution in [0.25, 0.3) is 0 Å². The molecule has 1 aliphatic heterocycles. The van der Waals surface area contributed by atoms with Gasteiger partial charge in [0.05, 0.1) is 12.3 Å². The van der Waals surface area contributed by atoms with Crippen molar-refractivity contribution >= 4 is 15.9 Å². The maximum Gasteiger partial charge on any atom is 0.223 e. The van der Waals surface area contributed by atoms with Gasteiger partial charge in [0.1, 0.15) is 5.66 Å². The van der Waals surface area contributed by atoms with Gasteiger partial charge in [-0.25, -0.2) is 8.42 Å². The highest BCUT2D eigenvalue weighted by Gasteiger charge is 2.37. The van der Waals surface area contributed by atoms with Crippen LogP contribution in [0.2, 0.25) is 0 Å². The molecule has 164 valence electrons. The van der Waals surface area contributed by atoms with Crippen LogP contribution in [0.5, 0.6) is 0 Å². The summed E-state index contributed by atoms with van der Waals surface area (Å²) < 4.78 is 26.1. The molecule has 1 fully saturated rings. The number of sulfonamides is 1. The van der Waals surface area contributed by atoms with Crippen molar-refractivity contribution in [3.63, 3.8) is 0 Å². The number of nitrogens with one attached hydrogen (secondary N) is 1. The fourth-order valence-corrected chi connectivity index (χ4v) is 5.07. The van der Waals surface area contributed by atoms with Crippen LogP contribution in [0.1, 0.15) is 30.9 Å². The van der Waals surface area contributed by atoms with Crippen molar-refractivity contribution < 1.29 is 13.2 Å². The molecular formula is C22H32N4O3S. The molecule has 2 unspecified atom stereocenters. The van der Waals surface area contributed by atoms with E-state index in [0.717, 1.165) is 31.5 Å². The Morgan fingerprint density at radius 1 is 1.27 bits per heavy atom. The Morgan fingerprint density at radius 3 is 2.57 bits per heavy atom. The minimum atomic E-state index is -3.54. The summed E-state index contributed by atoms with van der Waals surface area (Å²) in [5, 5.41) is 0. The predicted molar refractivity (Wildman–Crippen MR) is 119 cm³/mol. The van der Waals surface area contributed by atoms with Crippen molar-refractivity contribution in [2.45, 2.75) is 31.0 Å². The van der Waals surface area contributed by atoms with Gasteiger partial charge in [0, 0.05) is 25.9 Å². The summed E-state index contributed by atoms with van der Waals surface area (Å²) in [6.45, 7) is 2.87. The van der Waals surface area contributed by atoms with Gasteiger partial charge in [-0.15, -0.1) is 0 Å². The third-order valence-corrected chi connectivity index (χ3v) is 6.60. The van der Waals surface area contributed by atoms with Crippen LogP contribution in [0.3, 0.4) is 0 Å². The van der Waals surface area contributed by atoms with E-state index in [-0.39, 0.29) is 18.4 Å². The first kappa shape index (κ1) is 22.7. The van der Waals surface area contributed by atoms with Gasteiger partial charge in [-0.1, -0.05) is 48.6 Å². The summed E-state index contributed by atoms with van der Waals surface area (Å²) in [6, 6.07) is 9.96. The normalized spacial score (nSPS) is 25.4. The van der Waals surface area contributed by atoms with Crippen LogP contribution >= 0.6 is 0 Å². The van der Waals surface area contributed by atoms with Gasteiger partial charge in [0.15, 0.2) is 0 Å². The fraction of sp³-hybridized carbons (Fsp3) is 0.500. The molecule has 1 saturated heterocycles. The number of nitrogens with two attached hydrogens (primary N) is 1. The van der Waals surface area contributed by atoms with Gasteiger partial charge in [-0.2, -0.15) is 4.72 Å². The maximum absolute atomic E-state index is 13.3. The smallest absolute Gasteiger partial charge is 0.223 e. The number of carbonyl (C=O) groups excluding carboxylic acids is 1. The van der Waals surface area contributed by atoms with Crippen LogP contribution in [-0.4, -0.2) is 62.7 Å². The average Bonchev–Trinajstić information content (AvgIpc) is 3.20. The Morgan fingerprint density at radius 2 is 1.93 bits per heavy atom. The van der Waals surface area contributed by atoms with Crippen LogP contribution in [0, 0.1) is 5.92 Å². The number of nitrogens with zero attached hydrogens (tertiary/aromatic N) is 2. The molecule has 30 heavy (non-hydrogen) atoms. The third kappa shape index (κ3) is 5.78. The van der Waals surface area contributed by atoms with E-state index in [4.69, 9.17) is 5.73 Å². The summed E-state index contributed by atoms with van der Waals surface area (Å²) in [5.41, 5.74) is 6.12. The van der Waals surface area contributed by atoms with Gasteiger partial charge in [0.25, 0.3) is 0 Å². The Hall–Kier alpha value is -2.00. The molecule has 3 rings (SSSR count). The first-order chi connectivity index (χ1) is 14.2. The second-order valence-corrected chi connectivity index (χ2v) is 10.0. The molecule has 8 heteroatoms. The van der Waals surface area contributed by atoms with E-state index in [1.54, 1.807) is 29.2 Å². The van der Waals surface area contributed by atoms with Crippen LogP contribution < -0.4 is 10.5 Å². The zero-order chi connectivity index (χ0) is 21.8. The van der Waals surface area contributed by atoms with E-state index in [1.807, 2.05) is 37.4 Å².